The molecule has 0 aliphatic carbocycles. The summed E-state index contributed by atoms with van der Waals surface area (Å²) in [6, 6.07) is 4.37. The Bertz CT molecular complexity index is 624. The lowest BCUT2D eigenvalue weighted by Crippen LogP contribution is -2.45. The van der Waals surface area contributed by atoms with Gasteiger partial charge in [-0.25, -0.2) is 0 Å². The summed E-state index contributed by atoms with van der Waals surface area (Å²) in [6.45, 7) is 3.92. The van der Waals surface area contributed by atoms with E-state index in [9.17, 15) is 14.4 Å². The van der Waals surface area contributed by atoms with E-state index in [1.54, 1.807) is 18.2 Å². The second-order valence-electron chi connectivity index (χ2n) is 4.90. The average molecular weight is 288 g/mol. The monoisotopic (exact) mass is 288 g/mol. The Balaban J connectivity index is 2.25. The van der Waals surface area contributed by atoms with Gasteiger partial charge in [0.2, 0.25) is 5.91 Å². The van der Waals surface area contributed by atoms with Crippen LogP contribution in [0.25, 0.3) is 6.08 Å². The van der Waals surface area contributed by atoms with E-state index < -0.39 is 17.9 Å². The second kappa shape index (κ2) is 5.78. The average Bonchev–Trinajstić information content (AvgIpc) is 2.75. The minimum atomic E-state index is -1.03. The molecular formula is C15H16N2O4. The van der Waals surface area contributed by atoms with Gasteiger partial charge in [-0.05, 0) is 29.7 Å². The number of carbonyl (C=O) groups excluding carboxylic acids is 2. The van der Waals surface area contributed by atoms with Crippen LogP contribution in [0.5, 0.6) is 0 Å². The molecule has 0 unspecified atom stereocenters. The number of carbonyl (C=O) groups is 3. The van der Waals surface area contributed by atoms with E-state index in [2.05, 4.69) is 6.58 Å². The van der Waals surface area contributed by atoms with Crippen LogP contribution in [0.4, 0.5) is 0 Å². The number of primary amides is 1. The molecule has 6 heteroatoms. The highest BCUT2D eigenvalue weighted by Gasteiger charge is 2.35. The zero-order valence-corrected chi connectivity index (χ0v) is 11.4. The van der Waals surface area contributed by atoms with Crippen LogP contribution < -0.4 is 5.73 Å². The summed E-state index contributed by atoms with van der Waals surface area (Å²) in [7, 11) is 0. The van der Waals surface area contributed by atoms with Crippen LogP contribution in [0.15, 0.2) is 24.8 Å². The molecule has 1 atom stereocenters. The quantitative estimate of drug-likeness (QED) is 0.815. The standard InChI is InChI=1S/C15H16N2O4/c1-2-9-3-4-11-10(7-9)8-17(15(11)21)12(14(16)20)5-6-13(18)19/h2-4,7,12H,1,5-6,8H2,(H2,16,20)(H,18,19)/t12-/m0/s1. The first-order valence-corrected chi connectivity index (χ1v) is 6.51. The summed E-state index contributed by atoms with van der Waals surface area (Å²) in [6.07, 6.45) is 1.47. The van der Waals surface area contributed by atoms with Crippen molar-refractivity contribution in [1.82, 2.24) is 4.90 Å². The molecule has 6 nitrogen and oxygen atoms in total. The van der Waals surface area contributed by atoms with E-state index in [0.29, 0.717) is 5.56 Å². The molecule has 110 valence electrons. The zero-order valence-electron chi connectivity index (χ0n) is 11.4. The molecule has 0 radical (unpaired) electrons. The Morgan fingerprint density at radius 2 is 2.19 bits per heavy atom. The molecule has 1 aliphatic rings. The highest BCUT2D eigenvalue weighted by molar-refractivity contribution is 6.01. The maximum absolute atomic E-state index is 12.3. The molecule has 0 fully saturated rings. The Morgan fingerprint density at radius 1 is 1.48 bits per heavy atom. The summed E-state index contributed by atoms with van der Waals surface area (Å²) in [5.41, 5.74) is 7.50. The van der Waals surface area contributed by atoms with Crippen molar-refractivity contribution in [3.8, 4) is 0 Å². The Morgan fingerprint density at radius 3 is 2.76 bits per heavy atom. The van der Waals surface area contributed by atoms with Crippen molar-refractivity contribution in [2.75, 3.05) is 0 Å². The van der Waals surface area contributed by atoms with Crippen LogP contribution in [0.3, 0.4) is 0 Å². The van der Waals surface area contributed by atoms with Gasteiger partial charge in [0.15, 0.2) is 0 Å². The minimum absolute atomic E-state index is 0.0126. The van der Waals surface area contributed by atoms with E-state index in [0.717, 1.165) is 11.1 Å². The molecule has 1 aromatic rings. The Labute approximate surface area is 121 Å². The second-order valence-corrected chi connectivity index (χ2v) is 4.90. The molecular weight excluding hydrogens is 272 g/mol. The van der Waals surface area contributed by atoms with Gasteiger partial charge >= 0.3 is 5.97 Å². The number of fused-ring (bicyclic) bond motifs is 1. The largest absolute Gasteiger partial charge is 0.481 e. The van der Waals surface area contributed by atoms with E-state index in [1.807, 2.05) is 6.07 Å². The molecule has 21 heavy (non-hydrogen) atoms. The van der Waals surface area contributed by atoms with Gasteiger partial charge in [-0.1, -0.05) is 18.7 Å². The first kappa shape index (κ1) is 14.8. The van der Waals surface area contributed by atoms with Gasteiger partial charge in [0.05, 0.1) is 0 Å². The van der Waals surface area contributed by atoms with Crippen LogP contribution in [-0.4, -0.2) is 33.8 Å². The highest BCUT2D eigenvalue weighted by atomic mass is 16.4. The molecule has 3 N–H and O–H groups in total. The third-order valence-electron chi connectivity index (χ3n) is 3.53. The van der Waals surface area contributed by atoms with Crippen molar-refractivity contribution in [3.05, 3.63) is 41.5 Å². The van der Waals surface area contributed by atoms with Gasteiger partial charge in [0.25, 0.3) is 5.91 Å². The predicted octanol–water partition coefficient (Wildman–Crippen LogP) is 1.00. The molecule has 0 bridgehead atoms. The third-order valence-corrected chi connectivity index (χ3v) is 3.53. The number of nitrogens with zero attached hydrogens (tertiary/aromatic N) is 1. The molecule has 0 spiro atoms. The number of hydrogen-bond donors (Lipinski definition) is 2. The summed E-state index contributed by atoms with van der Waals surface area (Å²) < 4.78 is 0. The maximum atomic E-state index is 12.3. The van der Waals surface area contributed by atoms with Crippen molar-refractivity contribution in [2.45, 2.75) is 25.4 Å². The topological polar surface area (TPSA) is 101 Å². The number of benzene rings is 1. The minimum Gasteiger partial charge on any atom is -0.481 e. The SMILES string of the molecule is C=Cc1ccc2c(c1)CN([C@@H](CCC(=O)O)C(N)=O)C2=O. The maximum Gasteiger partial charge on any atom is 0.303 e. The number of carboxylic acid groups (broad SMARTS) is 1. The van der Waals surface area contributed by atoms with Gasteiger partial charge in [-0.2, -0.15) is 0 Å². The molecule has 1 aliphatic heterocycles. The van der Waals surface area contributed by atoms with Gasteiger partial charge < -0.3 is 15.7 Å². The lowest BCUT2D eigenvalue weighted by atomic mass is 10.1. The number of hydrogen-bond acceptors (Lipinski definition) is 3. The fourth-order valence-corrected chi connectivity index (χ4v) is 2.45. The molecule has 1 aromatic carbocycles. The van der Waals surface area contributed by atoms with Gasteiger partial charge in [0.1, 0.15) is 6.04 Å². The lowest BCUT2D eigenvalue weighted by molar-refractivity contribution is -0.137. The first-order valence-electron chi connectivity index (χ1n) is 6.51. The van der Waals surface area contributed by atoms with Gasteiger partial charge in [0, 0.05) is 18.5 Å². The van der Waals surface area contributed by atoms with Crippen LogP contribution in [0.2, 0.25) is 0 Å². The molecule has 2 rings (SSSR count). The van der Waals surface area contributed by atoms with Gasteiger partial charge in [-0.3, -0.25) is 14.4 Å². The van der Waals surface area contributed by atoms with Crippen molar-refractivity contribution < 1.29 is 19.5 Å². The number of aliphatic carboxylic acids is 1. The highest BCUT2D eigenvalue weighted by Crippen LogP contribution is 2.27. The summed E-state index contributed by atoms with van der Waals surface area (Å²) >= 11 is 0. The summed E-state index contributed by atoms with van der Waals surface area (Å²) in [4.78, 5) is 35.9. The number of nitrogens with two attached hydrogens (primary N) is 1. The van der Waals surface area contributed by atoms with Crippen LogP contribution >= 0.6 is 0 Å². The van der Waals surface area contributed by atoms with E-state index in [4.69, 9.17) is 10.8 Å². The van der Waals surface area contributed by atoms with Crippen molar-refractivity contribution in [1.29, 1.82) is 0 Å². The van der Waals surface area contributed by atoms with Crippen LogP contribution in [-0.2, 0) is 16.1 Å². The summed E-state index contributed by atoms with van der Waals surface area (Å²) in [5.74, 6) is -2.02. The Kier molecular flexibility index (Phi) is 4.07. The Hall–Kier alpha value is -2.63. The molecule has 1 heterocycles. The molecule has 0 saturated carbocycles. The van der Waals surface area contributed by atoms with Gasteiger partial charge in [-0.15, -0.1) is 0 Å². The molecule has 0 aromatic heterocycles. The molecule has 2 amide bonds. The van der Waals surface area contributed by atoms with E-state index >= 15 is 0 Å². The zero-order chi connectivity index (χ0) is 15.6. The van der Waals surface area contributed by atoms with Crippen LogP contribution in [0.1, 0.15) is 34.3 Å². The predicted molar refractivity (Wildman–Crippen MR) is 76.3 cm³/mol. The number of carboxylic acids is 1. The third kappa shape index (κ3) is 2.94. The van der Waals surface area contributed by atoms with Crippen molar-refractivity contribution in [2.24, 2.45) is 5.73 Å². The number of amides is 2. The summed E-state index contributed by atoms with van der Waals surface area (Å²) in [5, 5.41) is 8.73. The smallest absolute Gasteiger partial charge is 0.303 e. The van der Waals surface area contributed by atoms with E-state index in [1.165, 1.54) is 4.90 Å². The van der Waals surface area contributed by atoms with E-state index in [-0.39, 0.29) is 25.3 Å². The normalized spacial score (nSPS) is 14.7. The molecule has 0 saturated heterocycles. The van der Waals surface area contributed by atoms with Crippen molar-refractivity contribution >= 4 is 23.9 Å². The van der Waals surface area contributed by atoms with Crippen LogP contribution in [0, 0.1) is 0 Å². The fraction of sp³-hybridized carbons (Fsp3) is 0.267. The first-order chi connectivity index (χ1) is 9.93. The van der Waals surface area contributed by atoms with Crippen molar-refractivity contribution in [3.63, 3.8) is 0 Å². The fourth-order valence-electron chi connectivity index (χ4n) is 2.45. The lowest BCUT2D eigenvalue weighted by Gasteiger charge is -2.24. The number of rotatable bonds is 6.